The second-order valence-electron chi connectivity index (χ2n) is 5.28. The van der Waals surface area contributed by atoms with Crippen LogP contribution in [-0.4, -0.2) is 31.8 Å². The molecule has 2 atom stereocenters. The van der Waals surface area contributed by atoms with Gasteiger partial charge in [0.2, 0.25) is 0 Å². The van der Waals surface area contributed by atoms with Crippen LogP contribution in [0.15, 0.2) is 24.3 Å². The zero-order valence-electron chi connectivity index (χ0n) is 11.9. The third kappa shape index (κ3) is 4.04. The summed E-state index contributed by atoms with van der Waals surface area (Å²) in [7, 11) is 0. The Balaban J connectivity index is 2.00. The van der Waals surface area contributed by atoms with E-state index in [4.69, 9.17) is 16.3 Å². The first-order chi connectivity index (χ1) is 9.58. The standard InChI is InChI=1S/C15H21ClN2O2/c1-3-20-15(19)17-13-8-11(2)9-18(10-13)14-6-4-12(16)5-7-14/h4-7,11,13H,3,8-10H2,1-2H3,(H,17,19). The molecule has 2 unspecified atom stereocenters. The highest BCUT2D eigenvalue weighted by atomic mass is 35.5. The number of hydrogen-bond acceptors (Lipinski definition) is 3. The van der Waals surface area contributed by atoms with E-state index in [1.165, 1.54) is 0 Å². The number of carbonyl (C=O) groups is 1. The van der Waals surface area contributed by atoms with Crippen molar-refractivity contribution in [2.24, 2.45) is 5.92 Å². The van der Waals surface area contributed by atoms with Crippen LogP contribution in [0.1, 0.15) is 20.3 Å². The monoisotopic (exact) mass is 296 g/mol. The van der Waals surface area contributed by atoms with Crippen LogP contribution in [-0.2, 0) is 4.74 Å². The second-order valence-corrected chi connectivity index (χ2v) is 5.72. The number of hydrogen-bond donors (Lipinski definition) is 1. The average Bonchev–Trinajstić information content (AvgIpc) is 2.39. The number of nitrogens with zero attached hydrogens (tertiary/aromatic N) is 1. The minimum absolute atomic E-state index is 0.119. The van der Waals surface area contributed by atoms with Crippen LogP contribution in [0.3, 0.4) is 0 Å². The van der Waals surface area contributed by atoms with Crippen LogP contribution in [0.25, 0.3) is 0 Å². The summed E-state index contributed by atoms with van der Waals surface area (Å²) < 4.78 is 4.95. The Bertz CT molecular complexity index is 450. The van der Waals surface area contributed by atoms with Crippen LogP contribution in [0.5, 0.6) is 0 Å². The molecule has 0 aliphatic carbocycles. The Kier molecular flexibility index (Phi) is 5.12. The molecule has 0 radical (unpaired) electrons. The number of ether oxygens (including phenoxy) is 1. The molecular formula is C15H21ClN2O2. The fourth-order valence-corrected chi connectivity index (χ4v) is 2.78. The van der Waals surface area contributed by atoms with Gasteiger partial charge in [0, 0.05) is 29.8 Å². The number of anilines is 1. The Morgan fingerprint density at radius 2 is 2.10 bits per heavy atom. The number of carbonyl (C=O) groups excluding carboxylic acids is 1. The molecule has 0 aromatic heterocycles. The molecule has 4 nitrogen and oxygen atoms in total. The van der Waals surface area contributed by atoms with Gasteiger partial charge in [0.25, 0.3) is 0 Å². The van der Waals surface area contributed by atoms with E-state index in [-0.39, 0.29) is 12.1 Å². The smallest absolute Gasteiger partial charge is 0.407 e. The minimum atomic E-state index is -0.331. The first-order valence-electron chi connectivity index (χ1n) is 7.02. The van der Waals surface area contributed by atoms with E-state index in [1.54, 1.807) is 0 Å². The van der Waals surface area contributed by atoms with E-state index in [2.05, 4.69) is 17.1 Å². The van der Waals surface area contributed by atoms with Gasteiger partial charge in [-0.3, -0.25) is 0 Å². The van der Waals surface area contributed by atoms with Gasteiger partial charge in [0.1, 0.15) is 0 Å². The molecule has 2 rings (SSSR count). The van der Waals surface area contributed by atoms with Crippen LogP contribution in [0, 0.1) is 5.92 Å². The molecule has 1 aliphatic rings. The maximum absolute atomic E-state index is 11.5. The van der Waals surface area contributed by atoms with Crippen molar-refractivity contribution in [1.29, 1.82) is 0 Å². The lowest BCUT2D eigenvalue weighted by molar-refractivity contribution is 0.145. The third-order valence-corrected chi connectivity index (χ3v) is 3.70. The SMILES string of the molecule is CCOC(=O)NC1CC(C)CN(c2ccc(Cl)cc2)C1. The molecule has 1 heterocycles. The van der Waals surface area contributed by atoms with Gasteiger partial charge in [-0.05, 0) is 43.5 Å². The summed E-state index contributed by atoms with van der Waals surface area (Å²) in [5, 5.41) is 3.67. The van der Waals surface area contributed by atoms with E-state index in [9.17, 15) is 4.79 Å². The summed E-state index contributed by atoms with van der Waals surface area (Å²) in [6.07, 6.45) is 0.644. The fourth-order valence-electron chi connectivity index (χ4n) is 2.66. The molecular weight excluding hydrogens is 276 g/mol. The summed E-state index contributed by atoms with van der Waals surface area (Å²) in [5.74, 6) is 0.520. The molecule has 20 heavy (non-hydrogen) atoms. The van der Waals surface area contributed by atoms with Crippen molar-refractivity contribution in [2.45, 2.75) is 26.3 Å². The van der Waals surface area contributed by atoms with Crippen LogP contribution in [0.4, 0.5) is 10.5 Å². The van der Waals surface area contributed by atoms with Crippen molar-refractivity contribution in [3.05, 3.63) is 29.3 Å². The molecule has 1 N–H and O–H groups in total. The normalized spacial score (nSPS) is 22.4. The Labute approximate surface area is 125 Å². The van der Waals surface area contributed by atoms with Crippen molar-refractivity contribution < 1.29 is 9.53 Å². The van der Waals surface area contributed by atoms with E-state index in [0.717, 1.165) is 30.2 Å². The van der Waals surface area contributed by atoms with E-state index < -0.39 is 0 Å². The first-order valence-corrected chi connectivity index (χ1v) is 7.40. The average molecular weight is 297 g/mol. The number of nitrogens with one attached hydrogen (secondary N) is 1. The van der Waals surface area contributed by atoms with Gasteiger partial charge >= 0.3 is 6.09 Å². The highest BCUT2D eigenvalue weighted by molar-refractivity contribution is 6.30. The topological polar surface area (TPSA) is 41.6 Å². The largest absolute Gasteiger partial charge is 0.450 e. The lowest BCUT2D eigenvalue weighted by atomic mass is 9.95. The Morgan fingerprint density at radius 1 is 1.40 bits per heavy atom. The molecule has 0 bridgehead atoms. The van der Waals surface area contributed by atoms with Gasteiger partial charge in [-0.2, -0.15) is 0 Å². The molecule has 5 heteroatoms. The summed E-state index contributed by atoms with van der Waals surface area (Å²) in [4.78, 5) is 13.8. The number of halogens is 1. The zero-order valence-corrected chi connectivity index (χ0v) is 12.7. The Hall–Kier alpha value is -1.42. The van der Waals surface area contributed by atoms with Gasteiger partial charge in [0.15, 0.2) is 0 Å². The Morgan fingerprint density at radius 3 is 2.75 bits per heavy atom. The van der Waals surface area contributed by atoms with Crippen molar-refractivity contribution in [2.75, 3.05) is 24.6 Å². The number of amides is 1. The number of piperidine rings is 1. The highest BCUT2D eigenvalue weighted by Gasteiger charge is 2.26. The maximum atomic E-state index is 11.5. The molecule has 0 saturated carbocycles. The van der Waals surface area contributed by atoms with Crippen molar-refractivity contribution in [3.8, 4) is 0 Å². The van der Waals surface area contributed by atoms with Crippen molar-refractivity contribution in [3.63, 3.8) is 0 Å². The van der Waals surface area contributed by atoms with E-state index in [0.29, 0.717) is 12.5 Å². The predicted molar refractivity (Wildman–Crippen MR) is 81.4 cm³/mol. The number of alkyl carbamates (subject to hydrolysis) is 1. The quantitative estimate of drug-likeness (QED) is 0.930. The molecule has 1 aliphatic heterocycles. The fraction of sp³-hybridized carbons (Fsp3) is 0.533. The lowest BCUT2D eigenvalue weighted by Crippen LogP contribution is -2.50. The predicted octanol–water partition coefficient (Wildman–Crippen LogP) is 3.30. The molecule has 110 valence electrons. The summed E-state index contributed by atoms with van der Waals surface area (Å²) in [6.45, 7) is 6.19. The van der Waals surface area contributed by atoms with Crippen LogP contribution < -0.4 is 10.2 Å². The molecule has 1 aromatic rings. The molecule has 1 saturated heterocycles. The third-order valence-electron chi connectivity index (χ3n) is 3.45. The van der Waals surface area contributed by atoms with Crippen molar-refractivity contribution in [1.82, 2.24) is 5.32 Å². The maximum Gasteiger partial charge on any atom is 0.407 e. The van der Waals surface area contributed by atoms with Crippen LogP contribution >= 0.6 is 11.6 Å². The lowest BCUT2D eigenvalue weighted by Gasteiger charge is -2.38. The summed E-state index contributed by atoms with van der Waals surface area (Å²) >= 11 is 5.92. The zero-order chi connectivity index (χ0) is 14.5. The van der Waals surface area contributed by atoms with Gasteiger partial charge in [-0.25, -0.2) is 4.79 Å². The van der Waals surface area contributed by atoms with Crippen LogP contribution in [0.2, 0.25) is 5.02 Å². The van der Waals surface area contributed by atoms with E-state index in [1.807, 2.05) is 31.2 Å². The van der Waals surface area contributed by atoms with E-state index >= 15 is 0 Å². The molecule has 1 aromatic carbocycles. The summed E-state index contributed by atoms with van der Waals surface area (Å²) in [6, 6.07) is 7.94. The van der Waals surface area contributed by atoms with Gasteiger partial charge in [0.05, 0.1) is 6.61 Å². The summed E-state index contributed by atoms with van der Waals surface area (Å²) in [5.41, 5.74) is 1.14. The highest BCUT2D eigenvalue weighted by Crippen LogP contribution is 2.24. The number of benzene rings is 1. The first kappa shape index (κ1) is 15.0. The van der Waals surface area contributed by atoms with Gasteiger partial charge in [-0.1, -0.05) is 18.5 Å². The molecule has 1 amide bonds. The number of rotatable bonds is 3. The minimum Gasteiger partial charge on any atom is -0.450 e. The van der Waals surface area contributed by atoms with Gasteiger partial charge in [-0.15, -0.1) is 0 Å². The van der Waals surface area contributed by atoms with Crippen molar-refractivity contribution >= 4 is 23.4 Å². The second kappa shape index (κ2) is 6.84. The molecule has 0 spiro atoms. The molecule has 1 fully saturated rings. The van der Waals surface area contributed by atoms with Gasteiger partial charge < -0.3 is 15.0 Å².